The van der Waals surface area contributed by atoms with Gasteiger partial charge in [-0.2, -0.15) is 0 Å². The number of aryl methyl sites for hydroxylation is 2. The number of carbonyl (C=O) groups excluding carboxylic acids is 1. The van der Waals surface area contributed by atoms with Crippen molar-refractivity contribution in [2.45, 2.75) is 45.1 Å². The van der Waals surface area contributed by atoms with Gasteiger partial charge in [-0.15, -0.1) is 10.2 Å². The molecule has 0 aliphatic carbocycles. The van der Waals surface area contributed by atoms with Crippen molar-refractivity contribution in [1.29, 1.82) is 0 Å². The monoisotopic (exact) mass is 352 g/mol. The van der Waals surface area contributed by atoms with Crippen LogP contribution in [0, 0.1) is 0 Å². The summed E-state index contributed by atoms with van der Waals surface area (Å²) < 4.78 is 4.11. The molecule has 1 amide bonds. The molecule has 3 aromatic heterocycles. The highest BCUT2D eigenvalue weighted by Crippen LogP contribution is 2.26. The molecular weight excluding hydrogens is 328 g/mol. The van der Waals surface area contributed by atoms with Crippen molar-refractivity contribution in [3.05, 3.63) is 48.4 Å². The molecule has 0 N–H and O–H groups in total. The molecule has 1 atom stereocenters. The highest BCUT2D eigenvalue weighted by molar-refractivity contribution is 5.76. The minimum absolute atomic E-state index is 0.208. The summed E-state index contributed by atoms with van der Waals surface area (Å²) in [6.07, 6.45) is 9.19. The Labute approximate surface area is 152 Å². The number of carbonyl (C=O) groups is 1. The molecule has 1 aliphatic heterocycles. The van der Waals surface area contributed by atoms with Crippen LogP contribution in [-0.2, 0) is 17.8 Å². The number of hydrogen-bond acceptors (Lipinski definition) is 4. The Morgan fingerprint density at radius 1 is 1.27 bits per heavy atom. The Morgan fingerprint density at radius 3 is 3.08 bits per heavy atom. The third-order valence-electron chi connectivity index (χ3n) is 5.16. The maximum atomic E-state index is 12.7. The average Bonchev–Trinajstić information content (AvgIpc) is 3.32. The lowest BCUT2D eigenvalue weighted by Crippen LogP contribution is -2.39. The Morgan fingerprint density at radius 2 is 2.19 bits per heavy atom. The molecule has 26 heavy (non-hydrogen) atoms. The van der Waals surface area contributed by atoms with Crippen molar-refractivity contribution in [2.24, 2.45) is 0 Å². The summed E-state index contributed by atoms with van der Waals surface area (Å²) in [4.78, 5) is 19.0. The van der Waals surface area contributed by atoms with Crippen LogP contribution in [0.4, 0.5) is 0 Å². The van der Waals surface area contributed by atoms with E-state index in [4.69, 9.17) is 0 Å². The van der Waals surface area contributed by atoms with E-state index in [1.54, 1.807) is 6.20 Å². The smallest absolute Gasteiger partial charge is 0.224 e. The summed E-state index contributed by atoms with van der Waals surface area (Å²) in [5.74, 6) is 2.44. The van der Waals surface area contributed by atoms with Crippen molar-refractivity contribution in [3.63, 3.8) is 0 Å². The molecule has 0 bridgehead atoms. The van der Waals surface area contributed by atoms with E-state index < -0.39 is 0 Å². The molecule has 7 nitrogen and oxygen atoms in total. The van der Waals surface area contributed by atoms with Crippen molar-refractivity contribution >= 4 is 11.6 Å². The minimum Gasteiger partial charge on any atom is -0.342 e. The molecule has 0 saturated carbocycles. The normalized spacial score (nSPS) is 17.7. The summed E-state index contributed by atoms with van der Waals surface area (Å²) in [6.45, 7) is 4.32. The Hall–Kier alpha value is -2.70. The molecule has 136 valence electrons. The van der Waals surface area contributed by atoms with Gasteiger partial charge in [-0.3, -0.25) is 9.20 Å². The Balaban J connectivity index is 1.42. The predicted molar refractivity (Wildman–Crippen MR) is 97.8 cm³/mol. The number of amides is 1. The van der Waals surface area contributed by atoms with Crippen molar-refractivity contribution < 1.29 is 4.79 Å². The van der Waals surface area contributed by atoms with Gasteiger partial charge in [-0.1, -0.05) is 13.0 Å². The van der Waals surface area contributed by atoms with E-state index >= 15 is 0 Å². The van der Waals surface area contributed by atoms with E-state index in [-0.39, 0.29) is 11.8 Å². The molecule has 0 radical (unpaired) electrons. The number of nitrogens with zero attached hydrogens (tertiary/aromatic N) is 6. The standard InChI is InChI=1S/C19H24N6O/c1-2-16-20-9-13-23(16)12-8-18(26)24-10-5-6-15(14-24)19-22-21-17-7-3-4-11-25(17)19/h3-4,7,9,11,13,15H,2,5-6,8,10,12,14H2,1H3/t15-/m1/s1. The van der Waals surface area contributed by atoms with Gasteiger partial charge in [0.2, 0.25) is 5.91 Å². The van der Waals surface area contributed by atoms with E-state index in [0.717, 1.165) is 49.6 Å². The van der Waals surface area contributed by atoms with Crippen LogP contribution in [0.15, 0.2) is 36.8 Å². The number of hydrogen-bond donors (Lipinski definition) is 0. The second kappa shape index (κ2) is 7.27. The number of pyridine rings is 1. The van der Waals surface area contributed by atoms with Crippen LogP contribution in [0.2, 0.25) is 0 Å². The van der Waals surface area contributed by atoms with E-state index in [1.165, 1.54) is 0 Å². The quantitative estimate of drug-likeness (QED) is 0.706. The highest BCUT2D eigenvalue weighted by Gasteiger charge is 2.27. The fourth-order valence-electron chi connectivity index (χ4n) is 3.78. The van der Waals surface area contributed by atoms with Gasteiger partial charge < -0.3 is 9.47 Å². The molecule has 1 fully saturated rings. The van der Waals surface area contributed by atoms with Crippen molar-refractivity contribution in [3.8, 4) is 0 Å². The van der Waals surface area contributed by atoms with Crippen LogP contribution < -0.4 is 0 Å². The zero-order chi connectivity index (χ0) is 17.9. The molecule has 4 heterocycles. The highest BCUT2D eigenvalue weighted by atomic mass is 16.2. The predicted octanol–water partition coefficient (Wildman–Crippen LogP) is 2.28. The third-order valence-corrected chi connectivity index (χ3v) is 5.16. The van der Waals surface area contributed by atoms with Gasteiger partial charge in [0.25, 0.3) is 0 Å². The summed E-state index contributed by atoms with van der Waals surface area (Å²) in [6, 6.07) is 5.91. The second-order valence-electron chi connectivity index (χ2n) is 6.81. The van der Waals surface area contributed by atoms with Gasteiger partial charge >= 0.3 is 0 Å². The summed E-state index contributed by atoms with van der Waals surface area (Å²) in [7, 11) is 0. The molecular formula is C19H24N6O. The number of fused-ring (bicyclic) bond motifs is 1. The van der Waals surface area contributed by atoms with E-state index in [0.29, 0.717) is 13.0 Å². The first-order valence-electron chi connectivity index (χ1n) is 9.33. The molecule has 0 spiro atoms. The van der Waals surface area contributed by atoms with E-state index in [1.807, 2.05) is 39.9 Å². The summed E-state index contributed by atoms with van der Waals surface area (Å²) in [5.41, 5.74) is 0.859. The first-order valence-corrected chi connectivity index (χ1v) is 9.33. The molecule has 4 rings (SSSR count). The van der Waals surface area contributed by atoms with Crippen molar-refractivity contribution in [2.75, 3.05) is 13.1 Å². The van der Waals surface area contributed by atoms with Crippen LogP contribution in [0.1, 0.15) is 43.8 Å². The SMILES string of the molecule is CCc1nccn1CCC(=O)N1CCC[C@@H](c2nnc3ccccn23)C1. The molecule has 0 aromatic carbocycles. The van der Waals surface area contributed by atoms with Crippen LogP contribution >= 0.6 is 0 Å². The average molecular weight is 352 g/mol. The summed E-state index contributed by atoms with van der Waals surface area (Å²) >= 11 is 0. The van der Waals surface area contributed by atoms with Crippen LogP contribution in [0.3, 0.4) is 0 Å². The third kappa shape index (κ3) is 3.21. The fourth-order valence-corrected chi connectivity index (χ4v) is 3.78. The number of likely N-dealkylation sites (tertiary alicyclic amines) is 1. The van der Waals surface area contributed by atoms with Crippen LogP contribution in [0.5, 0.6) is 0 Å². The number of imidazole rings is 1. The lowest BCUT2D eigenvalue weighted by atomic mass is 9.97. The zero-order valence-corrected chi connectivity index (χ0v) is 15.1. The van der Waals surface area contributed by atoms with Gasteiger partial charge in [0.1, 0.15) is 11.6 Å². The van der Waals surface area contributed by atoms with Crippen LogP contribution in [0.25, 0.3) is 5.65 Å². The van der Waals surface area contributed by atoms with E-state index in [9.17, 15) is 4.79 Å². The van der Waals surface area contributed by atoms with Gasteiger partial charge in [0.05, 0.1) is 0 Å². The summed E-state index contributed by atoms with van der Waals surface area (Å²) in [5, 5.41) is 8.64. The first-order chi connectivity index (χ1) is 12.8. The molecule has 0 unspecified atom stereocenters. The second-order valence-corrected chi connectivity index (χ2v) is 6.81. The Bertz CT molecular complexity index is 898. The number of rotatable bonds is 5. The maximum Gasteiger partial charge on any atom is 0.224 e. The lowest BCUT2D eigenvalue weighted by molar-refractivity contribution is -0.132. The topological polar surface area (TPSA) is 68.3 Å². The van der Waals surface area contributed by atoms with E-state index in [2.05, 4.69) is 26.7 Å². The van der Waals surface area contributed by atoms with Gasteiger partial charge in [-0.25, -0.2) is 4.98 Å². The van der Waals surface area contributed by atoms with Gasteiger partial charge in [-0.05, 0) is 25.0 Å². The largest absolute Gasteiger partial charge is 0.342 e. The Kier molecular flexibility index (Phi) is 4.69. The molecule has 3 aromatic rings. The van der Waals surface area contributed by atoms with Crippen molar-refractivity contribution in [1.82, 2.24) is 29.0 Å². The number of aromatic nitrogens is 5. The molecule has 1 saturated heterocycles. The zero-order valence-electron chi connectivity index (χ0n) is 15.1. The fraction of sp³-hybridized carbons (Fsp3) is 0.474. The molecule has 7 heteroatoms. The van der Waals surface area contributed by atoms with Gasteiger partial charge in [0, 0.05) is 57.0 Å². The lowest BCUT2D eigenvalue weighted by Gasteiger charge is -2.32. The first kappa shape index (κ1) is 16.8. The maximum absolute atomic E-state index is 12.7. The minimum atomic E-state index is 0.208. The van der Waals surface area contributed by atoms with Gasteiger partial charge in [0.15, 0.2) is 5.65 Å². The van der Waals surface area contributed by atoms with Crippen LogP contribution in [-0.4, -0.2) is 48.0 Å². The number of piperidine rings is 1. The molecule has 1 aliphatic rings.